The molecule has 0 saturated carbocycles. The number of benzene rings is 2. The molecule has 158 valence electrons. The van der Waals surface area contributed by atoms with Gasteiger partial charge in [0, 0.05) is 6.42 Å². The summed E-state index contributed by atoms with van der Waals surface area (Å²) < 4.78 is 5.66. The molecule has 1 aliphatic rings. The molecule has 1 heterocycles. The predicted molar refractivity (Wildman–Crippen MR) is 113 cm³/mol. The maximum atomic E-state index is 11.9. The van der Waals surface area contributed by atoms with Gasteiger partial charge in [-0.3, -0.25) is 20.2 Å². The van der Waals surface area contributed by atoms with E-state index in [0.717, 1.165) is 16.6 Å². The number of hydrazine groups is 1. The number of hydrogen-bond acceptors (Lipinski definition) is 10. The Morgan fingerprint density at radius 2 is 1.94 bits per heavy atom. The summed E-state index contributed by atoms with van der Waals surface area (Å²) in [5.41, 5.74) is -0.825. The molecule has 0 amide bonds. The van der Waals surface area contributed by atoms with E-state index >= 15 is 0 Å². The number of nitro groups is 2. The number of ether oxygens (including phenoxy) is 1. The number of nitro benzene ring substituents is 1. The third-order valence-corrected chi connectivity index (χ3v) is 5.08. The standard InChI is InChI=1S/C19H16N6O5S/c1-31-19-22-15(9-12-5-3-2-4-6-12)17(25(28)29)18(23(19)21)30-14-8-7-13(11-20)16(10-14)24(26)27/h2-8,10,19H,9,21H2,1H3. The number of thioether (sulfide) groups is 1. The highest BCUT2D eigenvalue weighted by molar-refractivity contribution is 7.99. The monoisotopic (exact) mass is 440 g/mol. The van der Waals surface area contributed by atoms with Crippen molar-refractivity contribution in [3.63, 3.8) is 0 Å². The molecule has 1 atom stereocenters. The van der Waals surface area contributed by atoms with Crippen LogP contribution in [0.2, 0.25) is 0 Å². The Hall–Kier alpha value is -3.95. The Morgan fingerprint density at radius 3 is 2.52 bits per heavy atom. The van der Waals surface area contributed by atoms with E-state index in [1.54, 1.807) is 12.3 Å². The molecule has 2 aromatic carbocycles. The molecule has 2 aromatic rings. The highest BCUT2D eigenvalue weighted by atomic mass is 32.2. The lowest BCUT2D eigenvalue weighted by molar-refractivity contribution is -0.419. The first-order valence-electron chi connectivity index (χ1n) is 8.78. The molecule has 0 saturated heterocycles. The first-order chi connectivity index (χ1) is 14.8. The quantitative estimate of drug-likeness (QED) is 0.387. The topological polar surface area (TPSA) is 161 Å². The van der Waals surface area contributed by atoms with Crippen molar-refractivity contribution < 1.29 is 14.6 Å². The van der Waals surface area contributed by atoms with Crippen LogP contribution >= 0.6 is 11.8 Å². The van der Waals surface area contributed by atoms with Crippen LogP contribution in [0.15, 0.2) is 65.1 Å². The number of nitrogens with zero attached hydrogens (tertiary/aromatic N) is 5. The van der Waals surface area contributed by atoms with Gasteiger partial charge in [-0.25, -0.2) is 15.8 Å². The van der Waals surface area contributed by atoms with Crippen LogP contribution in [0, 0.1) is 31.6 Å². The number of aliphatic imine (C=N–C) groups is 1. The van der Waals surface area contributed by atoms with Crippen LogP contribution < -0.4 is 10.6 Å². The maximum absolute atomic E-state index is 11.9. The lowest BCUT2D eigenvalue weighted by Gasteiger charge is -2.30. The zero-order valence-electron chi connectivity index (χ0n) is 16.2. The summed E-state index contributed by atoms with van der Waals surface area (Å²) in [7, 11) is 0. The van der Waals surface area contributed by atoms with Crippen molar-refractivity contribution in [2.75, 3.05) is 6.26 Å². The zero-order chi connectivity index (χ0) is 22.5. The minimum absolute atomic E-state index is 0.0729. The van der Waals surface area contributed by atoms with E-state index in [-0.39, 0.29) is 29.3 Å². The van der Waals surface area contributed by atoms with Crippen LogP contribution in [0.5, 0.6) is 5.75 Å². The normalized spacial score (nSPS) is 15.8. The zero-order valence-corrected chi connectivity index (χ0v) is 17.0. The second-order valence-electron chi connectivity index (χ2n) is 6.27. The van der Waals surface area contributed by atoms with Gasteiger partial charge in [0.2, 0.25) is 0 Å². The molecule has 12 heteroatoms. The van der Waals surface area contributed by atoms with Crippen molar-refractivity contribution in [3.05, 3.63) is 91.5 Å². The van der Waals surface area contributed by atoms with Gasteiger partial charge in [0.1, 0.15) is 23.1 Å². The van der Waals surface area contributed by atoms with Gasteiger partial charge in [-0.15, -0.1) is 11.8 Å². The molecular weight excluding hydrogens is 424 g/mol. The van der Waals surface area contributed by atoms with Gasteiger partial charge >= 0.3 is 5.70 Å². The first kappa shape index (κ1) is 21.8. The summed E-state index contributed by atoms with van der Waals surface area (Å²) in [6.45, 7) is 0. The van der Waals surface area contributed by atoms with Gasteiger partial charge in [0.05, 0.1) is 15.9 Å². The number of nitrogens with two attached hydrogens (primary N) is 1. The van der Waals surface area contributed by atoms with Crippen LogP contribution in [0.3, 0.4) is 0 Å². The number of nitriles is 1. The molecule has 0 bridgehead atoms. The van der Waals surface area contributed by atoms with E-state index in [2.05, 4.69) is 4.99 Å². The fourth-order valence-electron chi connectivity index (χ4n) is 2.90. The van der Waals surface area contributed by atoms with Gasteiger partial charge in [0.15, 0.2) is 5.50 Å². The molecular formula is C19H16N6O5S. The maximum Gasteiger partial charge on any atom is 0.351 e. The fraction of sp³-hybridized carbons (Fsp3) is 0.158. The van der Waals surface area contributed by atoms with Crippen molar-refractivity contribution in [2.45, 2.75) is 11.9 Å². The van der Waals surface area contributed by atoms with Crippen LogP contribution in [-0.4, -0.2) is 32.3 Å². The molecule has 31 heavy (non-hydrogen) atoms. The van der Waals surface area contributed by atoms with Crippen LogP contribution in [0.4, 0.5) is 5.69 Å². The predicted octanol–water partition coefficient (Wildman–Crippen LogP) is 2.81. The Bertz CT molecular complexity index is 1130. The SMILES string of the molecule is CSC1N=C(Cc2ccccc2)C([N+](=O)[O-])=C(Oc2ccc(C#N)c([N+](=O)[O-])c2)N1N. The Kier molecular flexibility index (Phi) is 6.49. The fourth-order valence-corrected chi connectivity index (χ4v) is 3.46. The number of hydrogen-bond donors (Lipinski definition) is 1. The van der Waals surface area contributed by atoms with Crippen molar-refractivity contribution >= 4 is 23.2 Å². The van der Waals surface area contributed by atoms with Crippen molar-refractivity contribution in [1.82, 2.24) is 5.01 Å². The largest absolute Gasteiger partial charge is 0.434 e. The van der Waals surface area contributed by atoms with Gasteiger partial charge in [-0.05, 0) is 24.0 Å². The van der Waals surface area contributed by atoms with E-state index in [9.17, 15) is 20.2 Å². The van der Waals surface area contributed by atoms with E-state index in [1.807, 2.05) is 30.3 Å². The molecule has 0 radical (unpaired) electrons. The van der Waals surface area contributed by atoms with Crippen molar-refractivity contribution in [3.8, 4) is 11.8 Å². The molecule has 3 rings (SSSR count). The number of rotatable bonds is 7. The lowest BCUT2D eigenvalue weighted by atomic mass is 10.1. The summed E-state index contributed by atoms with van der Waals surface area (Å²) in [5, 5.41) is 33.2. The highest BCUT2D eigenvalue weighted by Gasteiger charge is 2.38. The summed E-state index contributed by atoms with van der Waals surface area (Å²) in [5.74, 6) is 5.68. The molecule has 0 aliphatic carbocycles. The van der Waals surface area contributed by atoms with Gasteiger partial charge in [-0.2, -0.15) is 5.26 Å². The van der Waals surface area contributed by atoms with E-state index in [4.69, 9.17) is 15.8 Å². The van der Waals surface area contributed by atoms with E-state index < -0.39 is 26.7 Å². The average molecular weight is 440 g/mol. The van der Waals surface area contributed by atoms with E-state index in [0.29, 0.717) is 0 Å². The smallest absolute Gasteiger partial charge is 0.351 e. The van der Waals surface area contributed by atoms with Gasteiger partial charge < -0.3 is 4.74 Å². The molecule has 0 spiro atoms. The second kappa shape index (κ2) is 9.24. The molecule has 1 aliphatic heterocycles. The summed E-state index contributed by atoms with van der Waals surface area (Å²) in [6, 6.07) is 14.3. The highest BCUT2D eigenvalue weighted by Crippen LogP contribution is 2.31. The summed E-state index contributed by atoms with van der Waals surface area (Å²) >= 11 is 1.24. The molecule has 2 N–H and O–H groups in total. The lowest BCUT2D eigenvalue weighted by Crippen LogP contribution is -2.45. The molecule has 1 unspecified atom stereocenters. The minimum atomic E-state index is -0.734. The molecule has 0 fully saturated rings. The van der Waals surface area contributed by atoms with Gasteiger partial charge in [0.25, 0.3) is 11.6 Å². The summed E-state index contributed by atoms with van der Waals surface area (Å²) in [4.78, 5) is 26.2. The van der Waals surface area contributed by atoms with Crippen LogP contribution in [0.1, 0.15) is 11.1 Å². The third-order valence-electron chi connectivity index (χ3n) is 4.32. The first-order valence-corrected chi connectivity index (χ1v) is 10.1. The average Bonchev–Trinajstić information content (AvgIpc) is 2.76. The Morgan fingerprint density at radius 1 is 1.23 bits per heavy atom. The van der Waals surface area contributed by atoms with Crippen molar-refractivity contribution in [2.24, 2.45) is 10.8 Å². The Balaban J connectivity index is 2.08. The van der Waals surface area contributed by atoms with Crippen LogP contribution in [0.25, 0.3) is 0 Å². The van der Waals surface area contributed by atoms with Crippen molar-refractivity contribution in [1.29, 1.82) is 5.26 Å². The Labute approximate surface area is 180 Å². The number of allylic oxidation sites excluding steroid dienone is 1. The molecule has 0 aromatic heterocycles. The summed E-state index contributed by atoms with van der Waals surface area (Å²) in [6.07, 6.45) is 1.90. The minimum Gasteiger partial charge on any atom is -0.434 e. The third kappa shape index (κ3) is 4.63. The van der Waals surface area contributed by atoms with E-state index in [1.165, 1.54) is 23.9 Å². The van der Waals surface area contributed by atoms with Crippen LogP contribution in [-0.2, 0) is 6.42 Å². The molecule has 11 nitrogen and oxygen atoms in total. The second-order valence-corrected chi connectivity index (χ2v) is 7.16. The van der Waals surface area contributed by atoms with Gasteiger partial charge in [-0.1, -0.05) is 30.3 Å².